The Kier molecular flexibility index (Phi) is 7.88. The number of piperidine rings is 1. The molecule has 1 aromatic rings. The lowest BCUT2D eigenvalue weighted by atomic mass is 10.0. The van der Waals surface area contributed by atoms with E-state index in [2.05, 4.69) is 20.6 Å². The monoisotopic (exact) mass is 375 g/mol. The number of nitrogens with zero attached hydrogens (tertiary/aromatic N) is 3. The normalized spacial score (nSPS) is 18.1. The van der Waals surface area contributed by atoms with Crippen molar-refractivity contribution >= 4 is 12.1 Å². The van der Waals surface area contributed by atoms with E-state index in [4.69, 9.17) is 4.74 Å². The van der Waals surface area contributed by atoms with Gasteiger partial charge in [-0.25, -0.2) is 9.79 Å². The van der Waals surface area contributed by atoms with Crippen LogP contribution in [0.25, 0.3) is 0 Å². The minimum atomic E-state index is -0.481. The molecule has 0 saturated carbocycles. The number of aliphatic imine (C=N–C) groups is 1. The Morgan fingerprint density at radius 2 is 2.15 bits per heavy atom. The maximum Gasteiger partial charge on any atom is 0.410 e. The van der Waals surface area contributed by atoms with Crippen LogP contribution in [0.15, 0.2) is 29.4 Å². The molecule has 0 bridgehead atoms. The fraction of sp³-hybridized carbons (Fsp3) is 0.650. The molecule has 0 aromatic carbocycles. The van der Waals surface area contributed by atoms with E-state index in [0.717, 1.165) is 44.0 Å². The fourth-order valence-electron chi connectivity index (χ4n) is 2.98. The molecule has 1 unspecified atom stereocenters. The number of rotatable bonds is 5. The summed E-state index contributed by atoms with van der Waals surface area (Å²) in [5, 5.41) is 6.62. The van der Waals surface area contributed by atoms with Crippen molar-refractivity contribution < 1.29 is 9.53 Å². The number of carbonyl (C=O) groups excluding carboxylic acids is 1. The van der Waals surface area contributed by atoms with Gasteiger partial charge in [0.1, 0.15) is 5.60 Å². The molecule has 7 heteroatoms. The molecule has 2 N–H and O–H groups in total. The maximum atomic E-state index is 12.5. The van der Waals surface area contributed by atoms with Crippen molar-refractivity contribution in [2.45, 2.75) is 65.1 Å². The van der Waals surface area contributed by atoms with Gasteiger partial charge in [-0.1, -0.05) is 6.07 Å². The summed E-state index contributed by atoms with van der Waals surface area (Å²) in [6, 6.07) is 5.91. The first-order chi connectivity index (χ1) is 12.9. The molecule has 1 saturated heterocycles. The summed E-state index contributed by atoms with van der Waals surface area (Å²) in [5.74, 6) is 0.734. The summed E-state index contributed by atoms with van der Waals surface area (Å²) >= 11 is 0. The topological polar surface area (TPSA) is 78.9 Å². The highest BCUT2D eigenvalue weighted by atomic mass is 16.6. The van der Waals surface area contributed by atoms with E-state index in [1.165, 1.54) is 0 Å². The lowest BCUT2D eigenvalue weighted by molar-refractivity contribution is 0.0104. The number of pyridine rings is 1. The highest BCUT2D eigenvalue weighted by Crippen LogP contribution is 2.20. The first-order valence-corrected chi connectivity index (χ1v) is 9.80. The van der Waals surface area contributed by atoms with E-state index in [1.807, 2.05) is 50.8 Å². The Morgan fingerprint density at radius 3 is 2.81 bits per heavy atom. The second kappa shape index (κ2) is 10.1. The average molecular weight is 376 g/mol. The van der Waals surface area contributed by atoms with Crippen LogP contribution in [0.3, 0.4) is 0 Å². The molecule has 1 atom stereocenters. The molecule has 0 spiro atoms. The Labute approximate surface area is 162 Å². The average Bonchev–Trinajstić information content (AvgIpc) is 2.63. The van der Waals surface area contributed by atoms with E-state index in [-0.39, 0.29) is 12.1 Å². The second-order valence-corrected chi connectivity index (χ2v) is 7.72. The molecule has 2 rings (SSSR count). The first-order valence-electron chi connectivity index (χ1n) is 9.80. The molecule has 1 fully saturated rings. The summed E-state index contributed by atoms with van der Waals surface area (Å²) in [4.78, 5) is 23.3. The third-order valence-corrected chi connectivity index (χ3v) is 4.23. The van der Waals surface area contributed by atoms with Gasteiger partial charge in [-0.3, -0.25) is 4.98 Å². The van der Waals surface area contributed by atoms with Gasteiger partial charge in [0, 0.05) is 25.8 Å². The quantitative estimate of drug-likeness (QED) is 0.611. The highest BCUT2D eigenvalue weighted by molar-refractivity contribution is 5.79. The van der Waals surface area contributed by atoms with Crippen LogP contribution >= 0.6 is 0 Å². The van der Waals surface area contributed by atoms with Gasteiger partial charge in [-0.05, 0) is 59.1 Å². The summed E-state index contributed by atoms with van der Waals surface area (Å²) in [7, 11) is 0. The van der Waals surface area contributed by atoms with Crippen molar-refractivity contribution in [3.05, 3.63) is 30.1 Å². The molecular formula is C20H33N5O2. The zero-order valence-electron chi connectivity index (χ0n) is 17.0. The van der Waals surface area contributed by atoms with Crippen molar-refractivity contribution in [3.63, 3.8) is 0 Å². The van der Waals surface area contributed by atoms with Gasteiger partial charge < -0.3 is 20.3 Å². The van der Waals surface area contributed by atoms with Gasteiger partial charge in [0.05, 0.1) is 18.3 Å². The highest BCUT2D eigenvalue weighted by Gasteiger charge is 2.30. The molecule has 0 radical (unpaired) electrons. The second-order valence-electron chi connectivity index (χ2n) is 7.72. The predicted octanol–water partition coefficient (Wildman–Crippen LogP) is 2.93. The van der Waals surface area contributed by atoms with Crippen LogP contribution in [-0.4, -0.2) is 53.2 Å². The van der Waals surface area contributed by atoms with Crippen molar-refractivity contribution in [2.24, 2.45) is 4.99 Å². The molecule has 0 aliphatic carbocycles. The molecular weight excluding hydrogens is 342 g/mol. The number of ether oxygens (including phenoxy) is 1. The molecule has 2 heterocycles. The number of nitrogens with one attached hydrogen (secondary N) is 2. The van der Waals surface area contributed by atoms with E-state index < -0.39 is 5.60 Å². The van der Waals surface area contributed by atoms with Gasteiger partial charge in [0.15, 0.2) is 5.96 Å². The van der Waals surface area contributed by atoms with Crippen LogP contribution < -0.4 is 10.6 Å². The Hall–Kier alpha value is -2.31. The summed E-state index contributed by atoms with van der Waals surface area (Å²) < 4.78 is 5.57. The third kappa shape index (κ3) is 7.45. The minimum absolute atomic E-state index is 0.104. The number of hydrogen-bond donors (Lipinski definition) is 2. The SMILES string of the molecule is CCNC(=NCc1ccccn1)NCC1CCCCN1C(=O)OC(C)(C)C. The van der Waals surface area contributed by atoms with Gasteiger partial charge in [0.25, 0.3) is 0 Å². The molecule has 150 valence electrons. The number of likely N-dealkylation sites (tertiary alicyclic amines) is 1. The zero-order chi connectivity index (χ0) is 19.7. The number of carbonyl (C=O) groups is 1. The number of amides is 1. The third-order valence-electron chi connectivity index (χ3n) is 4.23. The smallest absolute Gasteiger partial charge is 0.410 e. The summed E-state index contributed by atoms with van der Waals surface area (Å²) in [6.07, 6.45) is 4.64. The predicted molar refractivity (Wildman–Crippen MR) is 108 cm³/mol. The van der Waals surface area contributed by atoms with Gasteiger partial charge in [-0.15, -0.1) is 0 Å². The summed E-state index contributed by atoms with van der Waals surface area (Å²) in [5.41, 5.74) is 0.439. The van der Waals surface area contributed by atoms with E-state index in [0.29, 0.717) is 13.1 Å². The van der Waals surface area contributed by atoms with Crippen molar-refractivity contribution in [3.8, 4) is 0 Å². The fourth-order valence-corrected chi connectivity index (χ4v) is 2.98. The van der Waals surface area contributed by atoms with Crippen LogP contribution in [0.5, 0.6) is 0 Å². The van der Waals surface area contributed by atoms with Crippen LogP contribution in [0, 0.1) is 0 Å². The van der Waals surface area contributed by atoms with Gasteiger partial charge in [-0.2, -0.15) is 0 Å². The minimum Gasteiger partial charge on any atom is -0.444 e. The standard InChI is InChI=1S/C20H33N5O2/c1-5-21-18(23-14-16-10-6-8-12-22-16)24-15-17-11-7-9-13-25(17)19(26)27-20(2,3)4/h6,8,10,12,17H,5,7,9,11,13-15H2,1-4H3,(H2,21,23,24). The van der Waals surface area contributed by atoms with Gasteiger partial charge in [0.2, 0.25) is 0 Å². The Bertz CT molecular complexity index is 613. The molecule has 27 heavy (non-hydrogen) atoms. The number of aromatic nitrogens is 1. The van der Waals surface area contributed by atoms with Crippen LogP contribution in [0.4, 0.5) is 4.79 Å². The van der Waals surface area contributed by atoms with Gasteiger partial charge >= 0.3 is 6.09 Å². The van der Waals surface area contributed by atoms with E-state index >= 15 is 0 Å². The molecule has 1 amide bonds. The van der Waals surface area contributed by atoms with E-state index in [9.17, 15) is 4.79 Å². The maximum absolute atomic E-state index is 12.5. The summed E-state index contributed by atoms with van der Waals surface area (Å²) in [6.45, 7) is 10.4. The van der Waals surface area contributed by atoms with Crippen molar-refractivity contribution in [1.29, 1.82) is 0 Å². The largest absolute Gasteiger partial charge is 0.444 e. The lowest BCUT2D eigenvalue weighted by Crippen LogP contribution is -2.52. The Morgan fingerprint density at radius 1 is 1.33 bits per heavy atom. The first kappa shape index (κ1) is 21.0. The number of guanidine groups is 1. The molecule has 1 aliphatic rings. The molecule has 1 aliphatic heterocycles. The van der Waals surface area contributed by atoms with Crippen LogP contribution in [-0.2, 0) is 11.3 Å². The van der Waals surface area contributed by atoms with Crippen molar-refractivity contribution in [1.82, 2.24) is 20.5 Å². The van der Waals surface area contributed by atoms with Crippen LogP contribution in [0.1, 0.15) is 52.7 Å². The zero-order valence-corrected chi connectivity index (χ0v) is 17.0. The Balaban J connectivity index is 1.95. The molecule has 1 aromatic heterocycles. The van der Waals surface area contributed by atoms with E-state index in [1.54, 1.807) is 6.20 Å². The number of hydrogen-bond acceptors (Lipinski definition) is 4. The van der Waals surface area contributed by atoms with Crippen LogP contribution in [0.2, 0.25) is 0 Å². The lowest BCUT2D eigenvalue weighted by Gasteiger charge is -2.37. The van der Waals surface area contributed by atoms with Crippen molar-refractivity contribution in [2.75, 3.05) is 19.6 Å². The molecule has 7 nitrogen and oxygen atoms in total.